The number of pyridine rings is 1. The zero-order chi connectivity index (χ0) is 16.9. The fourth-order valence-corrected chi connectivity index (χ4v) is 3.01. The number of nitrogens with zero attached hydrogens (tertiary/aromatic N) is 3. The van der Waals surface area contributed by atoms with Crippen LogP contribution in [-0.2, 0) is 23.1 Å². The van der Waals surface area contributed by atoms with Crippen molar-refractivity contribution >= 4 is 5.91 Å². The maximum Gasteiger partial charge on any atom is 0.226 e. The summed E-state index contributed by atoms with van der Waals surface area (Å²) in [4.78, 5) is 16.9. The predicted octanol–water partition coefficient (Wildman–Crippen LogP) is 1.61. The van der Waals surface area contributed by atoms with Crippen LogP contribution in [0.5, 0.6) is 5.75 Å². The van der Waals surface area contributed by atoms with Crippen molar-refractivity contribution in [2.75, 3.05) is 13.7 Å². The Kier molecular flexibility index (Phi) is 5.10. The number of ether oxygens (including phenoxy) is 2. The number of aryl methyl sites for hydroxylation is 1. The molecular formula is C17H22N4O3. The minimum absolute atomic E-state index is 0.0312. The van der Waals surface area contributed by atoms with E-state index in [9.17, 15) is 4.79 Å². The third-order valence-electron chi connectivity index (χ3n) is 4.21. The molecule has 1 N–H and O–H groups in total. The summed E-state index contributed by atoms with van der Waals surface area (Å²) >= 11 is 0. The number of hydrogen-bond donors (Lipinski definition) is 1. The highest BCUT2D eigenvalue weighted by atomic mass is 16.5. The monoisotopic (exact) mass is 330 g/mol. The average molecular weight is 330 g/mol. The second-order valence-corrected chi connectivity index (χ2v) is 5.86. The second-order valence-electron chi connectivity index (χ2n) is 5.86. The van der Waals surface area contributed by atoms with Crippen LogP contribution in [-0.4, -0.2) is 34.4 Å². The van der Waals surface area contributed by atoms with E-state index in [1.54, 1.807) is 30.3 Å². The van der Waals surface area contributed by atoms with E-state index in [1.807, 2.05) is 19.3 Å². The van der Waals surface area contributed by atoms with Crippen LogP contribution >= 0.6 is 0 Å². The molecule has 0 bridgehead atoms. The lowest BCUT2D eigenvalue weighted by Crippen LogP contribution is -2.37. The number of hydrogen-bond acceptors (Lipinski definition) is 5. The molecule has 1 amide bonds. The number of rotatable bonds is 5. The molecule has 24 heavy (non-hydrogen) atoms. The van der Waals surface area contributed by atoms with Crippen LogP contribution in [0, 0.1) is 5.92 Å². The van der Waals surface area contributed by atoms with E-state index in [-0.39, 0.29) is 17.9 Å². The van der Waals surface area contributed by atoms with E-state index in [2.05, 4.69) is 15.4 Å². The van der Waals surface area contributed by atoms with Crippen LogP contribution in [0.2, 0.25) is 0 Å². The van der Waals surface area contributed by atoms with Crippen molar-refractivity contribution in [1.82, 2.24) is 20.1 Å². The molecule has 128 valence electrons. The molecule has 0 saturated carbocycles. The Labute approximate surface area is 141 Å². The van der Waals surface area contributed by atoms with Crippen LogP contribution in [0.25, 0.3) is 0 Å². The smallest absolute Gasteiger partial charge is 0.226 e. The first-order valence-corrected chi connectivity index (χ1v) is 8.05. The van der Waals surface area contributed by atoms with Gasteiger partial charge in [0.25, 0.3) is 0 Å². The summed E-state index contributed by atoms with van der Waals surface area (Å²) in [7, 11) is 3.45. The maximum absolute atomic E-state index is 12.7. The SMILES string of the molecule is COc1cccnc1CNC(=O)[C@@H]1CCCO[C@H]1c1cnn(C)c1. The Hall–Kier alpha value is -2.41. The van der Waals surface area contributed by atoms with Gasteiger partial charge in [-0.3, -0.25) is 14.5 Å². The van der Waals surface area contributed by atoms with Crippen LogP contribution < -0.4 is 10.1 Å². The molecule has 1 aliphatic heterocycles. The Morgan fingerprint density at radius 3 is 3.17 bits per heavy atom. The second kappa shape index (κ2) is 7.44. The minimum Gasteiger partial charge on any atom is -0.495 e. The van der Waals surface area contributed by atoms with Gasteiger partial charge >= 0.3 is 0 Å². The Morgan fingerprint density at radius 2 is 2.42 bits per heavy atom. The molecule has 0 radical (unpaired) electrons. The van der Waals surface area contributed by atoms with Gasteiger partial charge in [-0.05, 0) is 25.0 Å². The molecular weight excluding hydrogens is 308 g/mol. The number of methoxy groups -OCH3 is 1. The number of carbonyl (C=O) groups excluding carboxylic acids is 1. The lowest BCUT2D eigenvalue weighted by molar-refractivity contribution is -0.134. The van der Waals surface area contributed by atoms with Crippen LogP contribution in [0.1, 0.15) is 30.2 Å². The highest BCUT2D eigenvalue weighted by Gasteiger charge is 2.33. The molecule has 0 aromatic carbocycles. The first-order valence-electron chi connectivity index (χ1n) is 8.05. The molecule has 7 nitrogen and oxygen atoms in total. The number of nitrogens with one attached hydrogen (secondary N) is 1. The van der Waals surface area contributed by atoms with E-state index in [0.717, 1.165) is 18.4 Å². The number of aromatic nitrogens is 3. The van der Waals surface area contributed by atoms with E-state index in [4.69, 9.17) is 9.47 Å². The lowest BCUT2D eigenvalue weighted by atomic mass is 9.90. The standard InChI is InChI=1S/C17H22N4O3/c1-21-11-12(9-20-21)16-13(5-4-8-24-16)17(22)19-10-14-15(23-2)6-3-7-18-14/h3,6-7,9,11,13,16H,4-5,8,10H2,1-2H3,(H,19,22)/t13-,16+/m1/s1. The normalized spacial score (nSPS) is 20.6. The third-order valence-corrected chi connectivity index (χ3v) is 4.21. The summed E-state index contributed by atoms with van der Waals surface area (Å²) in [6.45, 7) is 0.997. The molecule has 2 atom stereocenters. The predicted molar refractivity (Wildman–Crippen MR) is 87.3 cm³/mol. The first kappa shape index (κ1) is 16.4. The van der Waals surface area contributed by atoms with Crippen LogP contribution in [0.4, 0.5) is 0 Å². The highest BCUT2D eigenvalue weighted by molar-refractivity contribution is 5.79. The van der Waals surface area contributed by atoms with Crippen molar-refractivity contribution in [3.8, 4) is 5.75 Å². The number of carbonyl (C=O) groups is 1. The van der Waals surface area contributed by atoms with Crippen molar-refractivity contribution < 1.29 is 14.3 Å². The first-order chi connectivity index (χ1) is 11.7. The van der Waals surface area contributed by atoms with E-state index in [0.29, 0.717) is 24.6 Å². The molecule has 2 aromatic rings. The molecule has 1 aliphatic rings. The van der Waals surface area contributed by atoms with E-state index in [1.165, 1.54) is 0 Å². The Morgan fingerprint density at radius 1 is 1.54 bits per heavy atom. The fraction of sp³-hybridized carbons (Fsp3) is 0.471. The van der Waals surface area contributed by atoms with E-state index >= 15 is 0 Å². The lowest BCUT2D eigenvalue weighted by Gasteiger charge is -2.30. The third kappa shape index (κ3) is 3.56. The van der Waals surface area contributed by atoms with Gasteiger partial charge in [0.15, 0.2) is 0 Å². The Bertz CT molecular complexity index is 701. The van der Waals surface area contributed by atoms with Crippen molar-refractivity contribution in [3.63, 3.8) is 0 Å². The molecule has 0 aliphatic carbocycles. The van der Waals surface area contributed by atoms with Gasteiger partial charge in [0.05, 0.1) is 31.9 Å². The summed E-state index contributed by atoms with van der Waals surface area (Å²) in [6, 6.07) is 3.63. The molecule has 1 fully saturated rings. The average Bonchev–Trinajstić information content (AvgIpc) is 3.06. The maximum atomic E-state index is 12.7. The molecule has 7 heteroatoms. The van der Waals surface area contributed by atoms with Gasteiger partial charge in [0.1, 0.15) is 11.4 Å². The quantitative estimate of drug-likeness (QED) is 0.901. The zero-order valence-corrected chi connectivity index (χ0v) is 13.9. The molecule has 0 spiro atoms. The van der Waals surface area contributed by atoms with E-state index < -0.39 is 0 Å². The summed E-state index contributed by atoms with van der Waals surface area (Å²) in [6.07, 6.45) is 6.77. The van der Waals surface area contributed by atoms with Crippen molar-refractivity contribution in [2.24, 2.45) is 13.0 Å². The summed E-state index contributed by atoms with van der Waals surface area (Å²) in [5, 5.41) is 7.14. The summed E-state index contributed by atoms with van der Waals surface area (Å²) < 4.78 is 12.8. The molecule has 3 rings (SSSR count). The van der Waals surface area contributed by atoms with Crippen LogP contribution in [0.15, 0.2) is 30.7 Å². The van der Waals surface area contributed by atoms with Crippen molar-refractivity contribution in [1.29, 1.82) is 0 Å². The molecule has 3 heterocycles. The number of amides is 1. The van der Waals surface area contributed by atoms with Crippen molar-refractivity contribution in [3.05, 3.63) is 42.0 Å². The van der Waals surface area contributed by atoms with Gasteiger partial charge in [-0.2, -0.15) is 5.10 Å². The highest BCUT2D eigenvalue weighted by Crippen LogP contribution is 2.33. The van der Waals surface area contributed by atoms with Gasteiger partial charge in [0.2, 0.25) is 5.91 Å². The zero-order valence-electron chi connectivity index (χ0n) is 13.9. The minimum atomic E-state index is -0.252. The van der Waals surface area contributed by atoms with Gasteiger partial charge in [-0.1, -0.05) is 0 Å². The summed E-state index contributed by atoms with van der Waals surface area (Å²) in [5.74, 6) is 0.412. The van der Waals surface area contributed by atoms with Crippen LogP contribution in [0.3, 0.4) is 0 Å². The Balaban J connectivity index is 1.68. The van der Waals surface area contributed by atoms with Gasteiger partial charge in [0, 0.05) is 31.6 Å². The van der Waals surface area contributed by atoms with Gasteiger partial charge in [-0.15, -0.1) is 0 Å². The van der Waals surface area contributed by atoms with Gasteiger partial charge in [-0.25, -0.2) is 0 Å². The van der Waals surface area contributed by atoms with Crippen molar-refractivity contribution in [2.45, 2.75) is 25.5 Å². The molecule has 1 saturated heterocycles. The summed E-state index contributed by atoms with van der Waals surface area (Å²) in [5.41, 5.74) is 1.65. The van der Waals surface area contributed by atoms with Gasteiger partial charge < -0.3 is 14.8 Å². The fourth-order valence-electron chi connectivity index (χ4n) is 3.01. The topological polar surface area (TPSA) is 78.3 Å². The molecule has 0 unspecified atom stereocenters. The molecule has 2 aromatic heterocycles. The largest absolute Gasteiger partial charge is 0.495 e.